The molecule has 1 saturated heterocycles. The van der Waals surface area contributed by atoms with Crippen LogP contribution in [0.15, 0.2) is 18.2 Å². The lowest BCUT2D eigenvalue weighted by Crippen LogP contribution is -2.46. The van der Waals surface area contributed by atoms with Gasteiger partial charge >= 0.3 is 0 Å². The first-order valence-electron chi connectivity index (χ1n) is 6.66. The Hall–Kier alpha value is -1.35. The van der Waals surface area contributed by atoms with E-state index in [0.29, 0.717) is 13.0 Å². The fraction of sp³-hybridized carbons (Fsp3) is 0.533. The molecule has 0 spiro atoms. The maximum Gasteiger partial charge on any atom is 0.227 e. The number of likely N-dealkylation sites (tertiary alicyclic amines) is 1. The number of piperidine rings is 1. The summed E-state index contributed by atoms with van der Waals surface area (Å²) in [6.45, 7) is 5.69. The minimum atomic E-state index is 0.154. The lowest BCUT2D eigenvalue weighted by Gasteiger charge is -2.31. The van der Waals surface area contributed by atoms with Gasteiger partial charge in [-0.25, -0.2) is 0 Å². The van der Waals surface area contributed by atoms with E-state index < -0.39 is 0 Å². The Bertz CT molecular complexity index is 442. The molecule has 3 nitrogen and oxygen atoms in total. The summed E-state index contributed by atoms with van der Waals surface area (Å²) in [5, 5.41) is 0. The van der Waals surface area contributed by atoms with Crippen LogP contribution in [0, 0.1) is 13.8 Å². The molecule has 18 heavy (non-hydrogen) atoms. The minimum Gasteiger partial charge on any atom is -0.341 e. The molecule has 0 radical (unpaired) electrons. The van der Waals surface area contributed by atoms with Crippen molar-refractivity contribution in [1.82, 2.24) is 4.90 Å². The van der Waals surface area contributed by atoms with Crippen LogP contribution in [0.4, 0.5) is 0 Å². The maximum atomic E-state index is 12.2. The third-order valence-electron chi connectivity index (χ3n) is 3.66. The van der Waals surface area contributed by atoms with E-state index in [9.17, 15) is 4.79 Å². The van der Waals surface area contributed by atoms with Crippen molar-refractivity contribution < 1.29 is 4.79 Å². The predicted molar refractivity (Wildman–Crippen MR) is 73.4 cm³/mol. The van der Waals surface area contributed by atoms with Crippen LogP contribution in [-0.4, -0.2) is 29.9 Å². The summed E-state index contributed by atoms with van der Waals surface area (Å²) >= 11 is 0. The van der Waals surface area contributed by atoms with E-state index in [1.165, 1.54) is 11.1 Å². The van der Waals surface area contributed by atoms with Crippen LogP contribution in [-0.2, 0) is 11.2 Å². The van der Waals surface area contributed by atoms with Gasteiger partial charge in [0.25, 0.3) is 0 Å². The smallest absolute Gasteiger partial charge is 0.227 e. The van der Waals surface area contributed by atoms with Crippen molar-refractivity contribution in [3.63, 3.8) is 0 Å². The fourth-order valence-corrected chi connectivity index (χ4v) is 2.50. The van der Waals surface area contributed by atoms with E-state index in [2.05, 4.69) is 32.0 Å². The Labute approximate surface area is 109 Å². The van der Waals surface area contributed by atoms with E-state index in [4.69, 9.17) is 5.73 Å². The number of nitrogens with zero attached hydrogens (tertiary/aromatic N) is 1. The summed E-state index contributed by atoms with van der Waals surface area (Å²) < 4.78 is 0. The van der Waals surface area contributed by atoms with Crippen LogP contribution >= 0.6 is 0 Å². The summed E-state index contributed by atoms with van der Waals surface area (Å²) in [5.41, 5.74) is 9.45. The van der Waals surface area contributed by atoms with Crippen LogP contribution in [0.5, 0.6) is 0 Å². The van der Waals surface area contributed by atoms with Gasteiger partial charge in [-0.2, -0.15) is 0 Å². The third kappa shape index (κ3) is 3.10. The second-order valence-corrected chi connectivity index (χ2v) is 5.35. The summed E-state index contributed by atoms with van der Waals surface area (Å²) in [5.74, 6) is 0.207. The van der Waals surface area contributed by atoms with Crippen LogP contribution < -0.4 is 5.73 Å². The molecular weight excluding hydrogens is 224 g/mol. The number of amides is 1. The van der Waals surface area contributed by atoms with Crippen LogP contribution in [0.25, 0.3) is 0 Å². The van der Waals surface area contributed by atoms with Gasteiger partial charge in [0, 0.05) is 19.1 Å². The molecule has 1 aromatic rings. The molecule has 1 atom stereocenters. The highest BCUT2D eigenvalue weighted by atomic mass is 16.2. The Morgan fingerprint density at radius 2 is 2.22 bits per heavy atom. The summed E-state index contributed by atoms with van der Waals surface area (Å²) in [7, 11) is 0. The summed E-state index contributed by atoms with van der Waals surface area (Å²) in [6.07, 6.45) is 2.56. The van der Waals surface area contributed by atoms with Crippen molar-refractivity contribution >= 4 is 5.91 Å². The molecule has 0 aliphatic carbocycles. The van der Waals surface area contributed by atoms with E-state index in [0.717, 1.165) is 24.9 Å². The number of aryl methyl sites for hydroxylation is 2. The molecule has 1 amide bonds. The third-order valence-corrected chi connectivity index (χ3v) is 3.66. The molecule has 2 N–H and O–H groups in total. The lowest BCUT2D eigenvalue weighted by atomic mass is 10.0. The van der Waals surface area contributed by atoms with Crippen molar-refractivity contribution in [2.24, 2.45) is 5.73 Å². The van der Waals surface area contributed by atoms with Crippen molar-refractivity contribution in [3.05, 3.63) is 34.9 Å². The second kappa shape index (κ2) is 5.53. The highest BCUT2D eigenvalue weighted by molar-refractivity contribution is 5.79. The van der Waals surface area contributed by atoms with E-state index >= 15 is 0 Å². The van der Waals surface area contributed by atoms with Gasteiger partial charge < -0.3 is 10.6 Å². The van der Waals surface area contributed by atoms with Crippen molar-refractivity contribution in [2.75, 3.05) is 13.1 Å². The average Bonchev–Trinajstić information content (AvgIpc) is 2.34. The highest BCUT2D eigenvalue weighted by Crippen LogP contribution is 2.15. The van der Waals surface area contributed by atoms with Crippen LogP contribution in [0.2, 0.25) is 0 Å². The fourth-order valence-electron chi connectivity index (χ4n) is 2.50. The Kier molecular flexibility index (Phi) is 4.02. The van der Waals surface area contributed by atoms with Gasteiger partial charge in [-0.05, 0) is 37.8 Å². The van der Waals surface area contributed by atoms with Gasteiger partial charge in [-0.1, -0.05) is 23.8 Å². The van der Waals surface area contributed by atoms with Crippen molar-refractivity contribution in [1.29, 1.82) is 0 Å². The number of hydrogen-bond acceptors (Lipinski definition) is 2. The molecule has 1 fully saturated rings. The first-order chi connectivity index (χ1) is 8.56. The normalized spacial score (nSPS) is 19.9. The monoisotopic (exact) mass is 246 g/mol. The molecule has 1 aliphatic rings. The number of carbonyl (C=O) groups is 1. The zero-order valence-corrected chi connectivity index (χ0v) is 11.3. The number of hydrogen-bond donors (Lipinski definition) is 1. The minimum absolute atomic E-state index is 0.154. The topological polar surface area (TPSA) is 46.3 Å². The molecule has 2 rings (SSSR count). The first kappa shape index (κ1) is 13.1. The number of benzene rings is 1. The Morgan fingerprint density at radius 1 is 1.44 bits per heavy atom. The average molecular weight is 246 g/mol. The molecule has 1 aliphatic heterocycles. The van der Waals surface area contributed by atoms with Crippen molar-refractivity contribution in [3.8, 4) is 0 Å². The zero-order chi connectivity index (χ0) is 13.1. The molecule has 0 saturated carbocycles. The van der Waals surface area contributed by atoms with Gasteiger partial charge in [-0.15, -0.1) is 0 Å². The predicted octanol–water partition coefficient (Wildman–Crippen LogP) is 1.80. The summed E-state index contributed by atoms with van der Waals surface area (Å²) in [4.78, 5) is 14.2. The molecule has 1 heterocycles. The number of rotatable bonds is 2. The van der Waals surface area contributed by atoms with Crippen LogP contribution in [0.1, 0.15) is 29.5 Å². The van der Waals surface area contributed by atoms with E-state index in [1.54, 1.807) is 0 Å². The lowest BCUT2D eigenvalue weighted by molar-refractivity contribution is -0.131. The van der Waals surface area contributed by atoms with Gasteiger partial charge in [0.2, 0.25) is 5.91 Å². The zero-order valence-electron chi connectivity index (χ0n) is 11.3. The van der Waals surface area contributed by atoms with Crippen LogP contribution in [0.3, 0.4) is 0 Å². The number of nitrogens with two attached hydrogens (primary N) is 1. The highest BCUT2D eigenvalue weighted by Gasteiger charge is 2.21. The van der Waals surface area contributed by atoms with Gasteiger partial charge in [0.05, 0.1) is 6.42 Å². The second-order valence-electron chi connectivity index (χ2n) is 5.35. The Morgan fingerprint density at radius 3 is 2.94 bits per heavy atom. The van der Waals surface area contributed by atoms with Gasteiger partial charge in [0.15, 0.2) is 0 Å². The van der Waals surface area contributed by atoms with E-state index in [1.807, 2.05) is 4.90 Å². The van der Waals surface area contributed by atoms with E-state index in [-0.39, 0.29) is 11.9 Å². The molecule has 0 aromatic heterocycles. The molecule has 3 heteroatoms. The SMILES string of the molecule is Cc1ccc(C)c(CC(=O)N2CCC[C@@H](N)C2)c1. The first-order valence-corrected chi connectivity index (χ1v) is 6.66. The molecule has 1 aromatic carbocycles. The molecule has 98 valence electrons. The van der Waals surface area contributed by atoms with Gasteiger partial charge in [0.1, 0.15) is 0 Å². The Balaban J connectivity index is 2.04. The van der Waals surface area contributed by atoms with Crippen molar-refractivity contribution in [2.45, 2.75) is 39.2 Å². The molecular formula is C15H22N2O. The quantitative estimate of drug-likeness (QED) is 0.865. The standard InChI is InChI=1S/C15H22N2O/c1-11-5-6-12(2)13(8-11)9-15(18)17-7-3-4-14(16)10-17/h5-6,8,14H,3-4,7,9-10,16H2,1-2H3/t14-/m1/s1. The van der Waals surface area contributed by atoms with Gasteiger partial charge in [-0.3, -0.25) is 4.79 Å². The molecule has 0 unspecified atom stereocenters. The largest absolute Gasteiger partial charge is 0.341 e. The number of carbonyl (C=O) groups excluding carboxylic acids is 1. The maximum absolute atomic E-state index is 12.2. The summed E-state index contributed by atoms with van der Waals surface area (Å²) in [6, 6.07) is 6.43. The molecule has 0 bridgehead atoms.